The summed E-state index contributed by atoms with van der Waals surface area (Å²) in [6, 6.07) is 14.7. The highest BCUT2D eigenvalue weighted by atomic mass is 16.5. The maximum atomic E-state index is 12.9. The van der Waals surface area contributed by atoms with E-state index in [1.807, 2.05) is 55.5 Å². The minimum Gasteiger partial charge on any atom is -0.494 e. The standard InChI is InChI=1S/C20H22N2O3/c1-3-25-16-10-8-14(9-11-16)12-19(23)22-17-7-5-4-6-15(17)13-18(22)20(24)21-2/h4-11,18H,3,12-13H2,1-2H3,(H,21,24)/t18-/m0/s1. The number of rotatable bonds is 5. The van der Waals surface area contributed by atoms with Gasteiger partial charge in [-0.1, -0.05) is 30.3 Å². The molecule has 0 spiro atoms. The van der Waals surface area contributed by atoms with E-state index in [1.165, 1.54) is 0 Å². The lowest BCUT2D eigenvalue weighted by Crippen LogP contribution is -2.47. The molecule has 0 aromatic heterocycles. The van der Waals surface area contributed by atoms with Crippen LogP contribution in [-0.2, 0) is 22.4 Å². The van der Waals surface area contributed by atoms with Gasteiger partial charge in [0.15, 0.2) is 0 Å². The summed E-state index contributed by atoms with van der Waals surface area (Å²) in [5.74, 6) is 0.562. The van der Waals surface area contributed by atoms with Crippen LogP contribution in [0.1, 0.15) is 18.1 Å². The fraction of sp³-hybridized carbons (Fsp3) is 0.300. The Bertz CT molecular complexity index is 771. The Labute approximate surface area is 147 Å². The number of nitrogens with zero attached hydrogens (tertiary/aromatic N) is 1. The number of anilines is 1. The van der Waals surface area contributed by atoms with Crippen molar-refractivity contribution in [1.82, 2.24) is 5.32 Å². The molecule has 130 valence electrons. The van der Waals surface area contributed by atoms with Gasteiger partial charge >= 0.3 is 0 Å². The van der Waals surface area contributed by atoms with Gasteiger partial charge in [0, 0.05) is 19.2 Å². The molecule has 0 saturated carbocycles. The molecule has 0 bridgehead atoms. The minimum atomic E-state index is -0.488. The van der Waals surface area contributed by atoms with Gasteiger partial charge in [0.05, 0.1) is 13.0 Å². The van der Waals surface area contributed by atoms with Gasteiger partial charge in [-0.2, -0.15) is 0 Å². The van der Waals surface area contributed by atoms with Crippen LogP contribution in [0.4, 0.5) is 5.69 Å². The van der Waals surface area contributed by atoms with E-state index in [0.717, 1.165) is 22.6 Å². The summed E-state index contributed by atoms with van der Waals surface area (Å²) < 4.78 is 5.43. The Morgan fingerprint density at radius 1 is 1.16 bits per heavy atom. The van der Waals surface area contributed by atoms with E-state index in [2.05, 4.69) is 5.32 Å². The summed E-state index contributed by atoms with van der Waals surface area (Å²) in [5.41, 5.74) is 2.75. The van der Waals surface area contributed by atoms with E-state index >= 15 is 0 Å². The summed E-state index contributed by atoms with van der Waals surface area (Å²) >= 11 is 0. The third-order valence-electron chi connectivity index (χ3n) is 4.38. The molecule has 0 aliphatic carbocycles. The first-order valence-electron chi connectivity index (χ1n) is 8.47. The monoisotopic (exact) mass is 338 g/mol. The van der Waals surface area contributed by atoms with Crippen LogP contribution in [-0.4, -0.2) is 31.5 Å². The Morgan fingerprint density at radius 2 is 1.88 bits per heavy atom. The van der Waals surface area contributed by atoms with Crippen molar-refractivity contribution in [1.29, 1.82) is 0 Å². The molecule has 1 heterocycles. The van der Waals surface area contributed by atoms with Crippen molar-refractivity contribution < 1.29 is 14.3 Å². The van der Waals surface area contributed by atoms with Crippen molar-refractivity contribution in [2.45, 2.75) is 25.8 Å². The third kappa shape index (κ3) is 3.50. The van der Waals surface area contributed by atoms with Crippen LogP contribution in [0.3, 0.4) is 0 Å². The smallest absolute Gasteiger partial charge is 0.243 e. The average Bonchev–Trinajstić information content (AvgIpc) is 3.02. The lowest BCUT2D eigenvalue weighted by Gasteiger charge is -2.24. The highest BCUT2D eigenvalue weighted by Gasteiger charge is 2.37. The number of para-hydroxylation sites is 1. The van der Waals surface area contributed by atoms with Crippen LogP contribution in [0.15, 0.2) is 48.5 Å². The van der Waals surface area contributed by atoms with Crippen molar-refractivity contribution in [3.05, 3.63) is 59.7 Å². The first-order chi connectivity index (χ1) is 12.1. The van der Waals surface area contributed by atoms with E-state index in [9.17, 15) is 9.59 Å². The Morgan fingerprint density at radius 3 is 2.56 bits per heavy atom. The van der Waals surface area contributed by atoms with E-state index in [4.69, 9.17) is 4.74 Å². The predicted molar refractivity (Wildman–Crippen MR) is 96.8 cm³/mol. The number of ether oxygens (including phenoxy) is 1. The normalized spacial score (nSPS) is 15.6. The van der Waals surface area contributed by atoms with Crippen LogP contribution in [0.5, 0.6) is 5.75 Å². The Balaban J connectivity index is 1.82. The second-order valence-corrected chi connectivity index (χ2v) is 5.98. The number of benzene rings is 2. The average molecular weight is 338 g/mol. The predicted octanol–water partition coefficient (Wildman–Crippen LogP) is 2.33. The Kier molecular flexibility index (Phi) is 5.03. The maximum absolute atomic E-state index is 12.9. The van der Waals surface area contributed by atoms with Gasteiger partial charge < -0.3 is 10.1 Å². The lowest BCUT2D eigenvalue weighted by atomic mass is 10.1. The number of nitrogens with one attached hydrogen (secondary N) is 1. The molecule has 2 aromatic carbocycles. The molecule has 3 rings (SSSR count). The molecule has 0 fully saturated rings. The van der Waals surface area contributed by atoms with Gasteiger partial charge in [-0.05, 0) is 36.2 Å². The van der Waals surface area contributed by atoms with Crippen LogP contribution in [0.2, 0.25) is 0 Å². The Hall–Kier alpha value is -2.82. The largest absolute Gasteiger partial charge is 0.494 e. The fourth-order valence-electron chi connectivity index (χ4n) is 3.20. The molecule has 1 atom stereocenters. The summed E-state index contributed by atoms with van der Waals surface area (Å²) in [5, 5.41) is 2.66. The van der Waals surface area contributed by atoms with Crippen LogP contribution in [0, 0.1) is 0 Å². The highest BCUT2D eigenvalue weighted by Crippen LogP contribution is 2.32. The zero-order valence-corrected chi connectivity index (χ0v) is 14.5. The van der Waals surface area contributed by atoms with Crippen LogP contribution >= 0.6 is 0 Å². The van der Waals surface area contributed by atoms with Gasteiger partial charge in [0.2, 0.25) is 11.8 Å². The van der Waals surface area contributed by atoms with Crippen molar-refractivity contribution in [2.24, 2.45) is 0 Å². The van der Waals surface area contributed by atoms with Gasteiger partial charge in [-0.15, -0.1) is 0 Å². The molecular formula is C20H22N2O3. The van der Waals surface area contributed by atoms with Crippen molar-refractivity contribution in [3.63, 3.8) is 0 Å². The van der Waals surface area contributed by atoms with E-state index in [-0.39, 0.29) is 18.2 Å². The quantitative estimate of drug-likeness (QED) is 0.910. The summed E-state index contributed by atoms with van der Waals surface area (Å²) in [6.45, 7) is 2.54. The molecule has 1 N–H and O–H groups in total. The number of amides is 2. The van der Waals surface area contributed by atoms with E-state index in [0.29, 0.717) is 13.0 Å². The zero-order valence-electron chi connectivity index (χ0n) is 14.5. The highest BCUT2D eigenvalue weighted by molar-refractivity contribution is 6.04. The molecule has 5 nitrogen and oxygen atoms in total. The minimum absolute atomic E-state index is 0.0808. The summed E-state index contributed by atoms with van der Waals surface area (Å²) in [7, 11) is 1.60. The molecule has 2 amide bonds. The molecule has 2 aromatic rings. The lowest BCUT2D eigenvalue weighted by molar-refractivity contribution is -0.125. The van der Waals surface area contributed by atoms with Crippen molar-refractivity contribution in [2.75, 3.05) is 18.6 Å². The number of fused-ring (bicyclic) bond motifs is 1. The first kappa shape index (κ1) is 17.0. The zero-order chi connectivity index (χ0) is 17.8. The van der Waals surface area contributed by atoms with Crippen LogP contribution in [0.25, 0.3) is 0 Å². The molecule has 25 heavy (non-hydrogen) atoms. The maximum Gasteiger partial charge on any atom is 0.243 e. The molecule has 0 radical (unpaired) electrons. The fourth-order valence-corrected chi connectivity index (χ4v) is 3.20. The van der Waals surface area contributed by atoms with Gasteiger partial charge in [-0.25, -0.2) is 0 Å². The van der Waals surface area contributed by atoms with Crippen molar-refractivity contribution in [3.8, 4) is 5.75 Å². The second-order valence-electron chi connectivity index (χ2n) is 5.98. The van der Waals surface area contributed by atoms with E-state index < -0.39 is 6.04 Å². The summed E-state index contributed by atoms with van der Waals surface area (Å²) in [4.78, 5) is 26.8. The number of likely N-dealkylation sites (N-methyl/N-ethyl adjacent to an activating group) is 1. The number of hydrogen-bond acceptors (Lipinski definition) is 3. The second kappa shape index (κ2) is 7.38. The first-order valence-corrected chi connectivity index (χ1v) is 8.47. The van der Waals surface area contributed by atoms with Gasteiger partial charge in [0.25, 0.3) is 0 Å². The topological polar surface area (TPSA) is 58.6 Å². The molecule has 1 aliphatic rings. The molecule has 0 unspecified atom stereocenters. The van der Waals surface area contributed by atoms with Gasteiger partial charge in [0.1, 0.15) is 11.8 Å². The van der Waals surface area contributed by atoms with E-state index in [1.54, 1.807) is 11.9 Å². The third-order valence-corrected chi connectivity index (χ3v) is 4.38. The number of hydrogen-bond donors (Lipinski definition) is 1. The molecule has 5 heteroatoms. The number of carbonyl (C=O) groups excluding carboxylic acids is 2. The molecule has 0 saturated heterocycles. The SMILES string of the molecule is CCOc1ccc(CC(=O)N2c3ccccc3C[C@H]2C(=O)NC)cc1. The molecular weight excluding hydrogens is 316 g/mol. The number of carbonyl (C=O) groups is 2. The van der Waals surface area contributed by atoms with Crippen molar-refractivity contribution >= 4 is 17.5 Å². The van der Waals surface area contributed by atoms with Gasteiger partial charge in [-0.3, -0.25) is 14.5 Å². The summed E-state index contributed by atoms with van der Waals surface area (Å²) in [6.07, 6.45) is 0.791. The molecule has 1 aliphatic heterocycles. The van der Waals surface area contributed by atoms with Crippen LogP contribution < -0.4 is 15.0 Å².